The van der Waals surface area contributed by atoms with E-state index in [2.05, 4.69) is 90.8 Å². The Morgan fingerprint density at radius 1 is 0.500 bits per heavy atom. The van der Waals surface area contributed by atoms with Crippen molar-refractivity contribution < 1.29 is 126 Å². The standard InChI is InChI=1S/C36H38F2N11O12P.C35H36F2N11O13P.2CH4/c1-5-19-25(22(38)33(58-19)48-15-42-23-27(40-14-41-28(23)48)44-31(51)18-9-7-6-8-10-18)61-62(55,56-12-11-39-4)57-13-20-21(37)26(60-36(53)54)34(59-20)49-16-43-24-29(49)45-35(47-32(24)52)46-30(50)17(2)3;1-16(2)29(50)45-34-44-28-23(31(52)46-34)42-15-48(28)33-25(60-35(53)54)20(36)19(59-33)12-57-62(55,56-10-9-38-3)61-24-18(11-49)58-32(21(24)37)47-14-41-22-26(39-13-40-27(22)47)43-30(51)17-7-5-4-6-8-17;;/h6-10,14-17,19-22,25-26,33-34H,5,11-13H2,1-3H3,(H,53,54)(H,40,41,44,51)(H2,45,46,47,50,52);4-8,13-16,18-21,24-25,32-33,49H,9-12H2,1-2H3,(H,53,54)(H,39,40,43,51)(H2,44,45,46,50,52);2*1H4/t19-,20-,21-,22+,25-,26-,33-,34-,62?;18-,19-,20-,21+,24-,25-,32-,33-,62?;;/m11../s1. The number of carbonyl (C=O) groups is 6. The van der Waals surface area contributed by atoms with Crippen molar-refractivity contribution in [2.45, 2.75) is 154 Å². The van der Waals surface area contributed by atoms with Gasteiger partial charge >= 0.3 is 28.0 Å². The van der Waals surface area contributed by atoms with E-state index in [1.807, 2.05) is 0 Å². The normalized spacial score (nSPS) is 24.1. The van der Waals surface area contributed by atoms with Crippen molar-refractivity contribution in [3.63, 3.8) is 0 Å². The Balaban J connectivity index is 0.000000241. The number of aliphatic hydroxyl groups excluding tert-OH is 1. The molecule has 4 fully saturated rings. The first kappa shape index (κ1) is 94.1. The Morgan fingerprint density at radius 2 is 0.865 bits per heavy atom. The molecule has 9 N–H and O–H groups in total. The average molecular weight is 1810 g/mol. The second-order valence-electron chi connectivity index (χ2n) is 27.9. The SMILES string of the molecule is C.C.[C-]#[N+]CCOP(=O)(OC[C@H]1O[C@@H](n2cnc3c(=O)[nH]c(NC(=O)C(C)C)nc32)[C@H](OC(=O)O)[C@@H]1F)O[C@H]1[C@H](F)[C@H](n2cnc3c(NC(=O)c4ccccc4)ncnc32)O[C@@H]1CC.[C-]#[N+]CCOP(=O)(OC[C@H]1O[C@@H](n2cnc3c(=O)[nH]c(NC(=O)C(C)C)nc32)[C@H](OC(=O)O)[C@@H]1F)O[C@H]1[C@H](F)[C@H](n2cnc3c(NC(=O)c4ccccc4)ncnc32)O[C@@H]1CO. The van der Waals surface area contributed by atoms with Crippen LogP contribution in [-0.4, -0.2) is 249 Å². The molecule has 12 heterocycles. The van der Waals surface area contributed by atoms with Crippen LogP contribution in [0.1, 0.15) is 102 Å². The molecule has 4 aliphatic heterocycles. The van der Waals surface area contributed by atoms with Gasteiger partial charge in [-0.15, -0.1) is 0 Å². The van der Waals surface area contributed by atoms with Gasteiger partial charge in [0.15, 0.2) is 118 Å². The molecule has 14 rings (SSSR count). The van der Waals surface area contributed by atoms with Gasteiger partial charge < -0.3 is 64.1 Å². The number of carbonyl (C=O) groups excluding carboxylic acids is 4. The van der Waals surface area contributed by atoms with Crippen molar-refractivity contribution in [3.8, 4) is 0 Å². The van der Waals surface area contributed by atoms with Crippen LogP contribution < -0.4 is 32.4 Å². The third-order valence-corrected chi connectivity index (χ3v) is 22.0. The Hall–Kier alpha value is -12.6. The molecular formula is C73H82F4N22O25P2. The first-order chi connectivity index (χ1) is 59.4. The van der Waals surface area contributed by atoms with Crippen LogP contribution in [0.15, 0.2) is 108 Å². The maximum Gasteiger partial charge on any atom is 0.506 e. The summed E-state index contributed by atoms with van der Waals surface area (Å²) in [6.07, 6.45) is -26.4. The molecule has 18 atom stereocenters. The quantitative estimate of drug-likeness (QED) is 0.00629. The van der Waals surface area contributed by atoms with Crippen LogP contribution >= 0.6 is 15.6 Å². The Labute approximate surface area is 708 Å². The van der Waals surface area contributed by atoms with E-state index >= 15 is 17.6 Å². The number of alkyl halides is 4. The molecule has 0 saturated carbocycles. The summed E-state index contributed by atoms with van der Waals surface area (Å²) in [5, 5.41) is 39.3. The van der Waals surface area contributed by atoms with Gasteiger partial charge in [-0.25, -0.2) is 89.3 Å². The fourth-order valence-electron chi connectivity index (χ4n) is 13.0. The van der Waals surface area contributed by atoms with Gasteiger partial charge in [-0.1, -0.05) is 85.9 Å². The molecular weight excluding hydrogens is 1720 g/mol. The van der Waals surface area contributed by atoms with Gasteiger partial charge in [0, 0.05) is 23.0 Å². The molecule has 672 valence electrons. The lowest BCUT2D eigenvalue weighted by Gasteiger charge is -2.25. The molecule has 126 heavy (non-hydrogen) atoms. The number of phosphoric ester groups is 2. The number of rotatable bonds is 32. The Bertz CT molecular complexity index is 5570. The van der Waals surface area contributed by atoms with Crippen LogP contribution in [0.3, 0.4) is 0 Å². The third kappa shape index (κ3) is 20.5. The molecule has 2 aromatic carbocycles. The van der Waals surface area contributed by atoms with Crippen molar-refractivity contribution in [1.82, 2.24) is 78.1 Å². The van der Waals surface area contributed by atoms with Gasteiger partial charge in [-0.2, -0.15) is 9.97 Å². The van der Waals surface area contributed by atoms with Crippen LogP contribution in [0.2, 0.25) is 0 Å². The summed E-state index contributed by atoms with van der Waals surface area (Å²) in [6.45, 7) is 17.5. The van der Waals surface area contributed by atoms with Crippen molar-refractivity contribution in [2.24, 2.45) is 11.8 Å². The van der Waals surface area contributed by atoms with E-state index in [1.165, 1.54) is 10.9 Å². The van der Waals surface area contributed by atoms with Crippen LogP contribution in [0.4, 0.5) is 50.7 Å². The van der Waals surface area contributed by atoms with Gasteiger partial charge in [-0.05, 0) is 30.7 Å². The van der Waals surface area contributed by atoms with Gasteiger partial charge in [0.1, 0.15) is 56.4 Å². The number of nitrogens with one attached hydrogen (secondary N) is 6. The van der Waals surface area contributed by atoms with Crippen molar-refractivity contribution >= 4 is 120 Å². The number of benzene rings is 2. The number of fused-ring (bicyclic) bond motifs is 4. The minimum absolute atomic E-state index is 0. The number of amides is 4. The fraction of sp³-hybridized carbons (Fsp3) is 0.452. The zero-order valence-electron chi connectivity index (χ0n) is 65.2. The highest BCUT2D eigenvalue weighted by Gasteiger charge is 2.56. The molecule has 0 spiro atoms. The number of anilines is 4. The predicted octanol–water partition coefficient (Wildman–Crippen LogP) is 8.25. The number of imidazole rings is 4. The number of aliphatic hydroxyl groups is 1. The van der Waals surface area contributed by atoms with E-state index in [0.29, 0.717) is 11.1 Å². The van der Waals surface area contributed by atoms with Gasteiger partial charge in [0.25, 0.3) is 22.9 Å². The molecule has 4 aliphatic rings. The summed E-state index contributed by atoms with van der Waals surface area (Å²) in [7, 11) is -10.0. The summed E-state index contributed by atoms with van der Waals surface area (Å²) in [6, 6.07) is 16.5. The monoisotopic (exact) mass is 1800 g/mol. The van der Waals surface area contributed by atoms with Crippen LogP contribution in [-0.2, 0) is 74.3 Å². The number of ether oxygens (including phenoxy) is 6. The number of aromatic amines is 2. The fourth-order valence-corrected chi connectivity index (χ4v) is 15.8. The van der Waals surface area contributed by atoms with Crippen LogP contribution in [0.5, 0.6) is 0 Å². The molecule has 4 saturated heterocycles. The van der Waals surface area contributed by atoms with Crippen molar-refractivity contribution in [2.75, 3.05) is 67.4 Å². The molecule has 47 nitrogen and oxygen atoms in total. The number of halogens is 4. The smallest absolute Gasteiger partial charge is 0.450 e. The molecule has 0 radical (unpaired) electrons. The van der Waals surface area contributed by atoms with E-state index in [9.17, 15) is 62.8 Å². The van der Waals surface area contributed by atoms with Gasteiger partial charge in [-0.3, -0.25) is 94.8 Å². The van der Waals surface area contributed by atoms with Crippen LogP contribution in [0, 0.1) is 25.0 Å². The summed E-state index contributed by atoms with van der Waals surface area (Å²) in [5.74, 6) is -3.60. The molecule has 10 aromatic rings. The molecule has 4 amide bonds. The minimum atomic E-state index is -5.06. The molecule has 53 heteroatoms. The predicted molar refractivity (Wildman–Crippen MR) is 426 cm³/mol. The first-order valence-corrected chi connectivity index (χ1v) is 40.4. The molecule has 8 aromatic heterocycles. The third-order valence-electron chi connectivity index (χ3n) is 19.1. The lowest BCUT2D eigenvalue weighted by molar-refractivity contribution is -0.119. The van der Waals surface area contributed by atoms with Gasteiger partial charge in [0.2, 0.25) is 36.8 Å². The topological polar surface area (TPSA) is 579 Å². The number of carboxylic acid groups (broad SMARTS) is 2. The summed E-state index contributed by atoms with van der Waals surface area (Å²) in [4.78, 5) is 152. The van der Waals surface area contributed by atoms with Crippen molar-refractivity contribution in [3.05, 3.63) is 153 Å². The zero-order valence-corrected chi connectivity index (χ0v) is 67.0. The summed E-state index contributed by atoms with van der Waals surface area (Å²) < 4.78 is 164. The second-order valence-corrected chi connectivity index (χ2v) is 31.1. The average Bonchev–Trinajstić information content (AvgIpc) is 1.61. The second kappa shape index (κ2) is 40.6. The Kier molecular flexibility index (Phi) is 30.3. The number of H-pyrrole nitrogens is 2. The maximum atomic E-state index is 16.6. The van der Waals surface area contributed by atoms with Gasteiger partial charge in [0.05, 0.1) is 51.2 Å². The lowest BCUT2D eigenvalue weighted by atomic mass is 10.1. The highest BCUT2D eigenvalue weighted by molar-refractivity contribution is 7.48. The molecule has 0 aliphatic carbocycles. The summed E-state index contributed by atoms with van der Waals surface area (Å²) in [5.41, 5.74) is -1.84. The largest absolute Gasteiger partial charge is 0.506 e. The van der Waals surface area contributed by atoms with E-state index in [-0.39, 0.29) is 103 Å². The highest BCUT2D eigenvalue weighted by atomic mass is 31.2. The van der Waals surface area contributed by atoms with Crippen LogP contribution in [0.25, 0.3) is 54.3 Å². The van der Waals surface area contributed by atoms with E-state index < -0.39 is 206 Å². The zero-order chi connectivity index (χ0) is 88.6. The number of hydrogen-bond donors (Lipinski definition) is 9. The van der Waals surface area contributed by atoms with Crippen molar-refractivity contribution in [1.29, 1.82) is 0 Å². The van der Waals surface area contributed by atoms with E-state index in [4.69, 9.17) is 68.7 Å². The number of nitrogens with zero attached hydrogens (tertiary/aromatic N) is 16. The Morgan fingerprint density at radius 3 is 1.23 bits per heavy atom. The maximum absolute atomic E-state index is 16.6. The molecule has 2 unspecified atom stereocenters. The lowest BCUT2D eigenvalue weighted by Crippen LogP contribution is -2.35. The minimum Gasteiger partial charge on any atom is -0.450 e. The molecule has 0 bridgehead atoms. The highest BCUT2D eigenvalue weighted by Crippen LogP contribution is 2.57. The van der Waals surface area contributed by atoms with E-state index in [1.54, 1.807) is 95.3 Å². The number of aromatic nitrogens is 16. The van der Waals surface area contributed by atoms with E-state index in [0.717, 1.165) is 45.3 Å². The summed E-state index contributed by atoms with van der Waals surface area (Å²) >= 11 is 0. The first-order valence-electron chi connectivity index (χ1n) is 37.5. The number of hydrogen-bond acceptors (Lipinski definition) is 33. The number of phosphoric acid groups is 2.